The van der Waals surface area contributed by atoms with Gasteiger partial charge in [0, 0.05) is 6.54 Å². The van der Waals surface area contributed by atoms with Gasteiger partial charge in [-0.2, -0.15) is 0 Å². The minimum atomic E-state index is -0.983. The molecule has 25 heavy (non-hydrogen) atoms. The zero-order valence-electron chi connectivity index (χ0n) is 14.9. The van der Waals surface area contributed by atoms with Crippen molar-refractivity contribution in [2.45, 2.75) is 76.3 Å². The predicted molar refractivity (Wildman–Crippen MR) is 93.8 cm³/mol. The Morgan fingerprint density at radius 3 is 2.28 bits per heavy atom. The van der Waals surface area contributed by atoms with Crippen molar-refractivity contribution in [3.05, 3.63) is 0 Å². The minimum Gasteiger partial charge on any atom is -0.480 e. The van der Waals surface area contributed by atoms with Crippen LogP contribution in [-0.2, 0) is 14.4 Å². The normalized spacial score (nSPS) is 23.7. The highest BCUT2D eigenvalue weighted by Crippen LogP contribution is 2.27. The number of nitrogens with two attached hydrogens (primary N) is 1. The highest BCUT2D eigenvalue weighted by Gasteiger charge is 2.36. The number of carbonyl (C=O) groups excluding carboxylic acids is 2. The highest BCUT2D eigenvalue weighted by atomic mass is 16.4. The second-order valence-corrected chi connectivity index (χ2v) is 7.37. The molecule has 2 atom stereocenters. The Hall–Kier alpha value is -1.63. The Bertz CT molecular complexity index is 475. The summed E-state index contributed by atoms with van der Waals surface area (Å²) in [6.45, 7) is 0.264. The summed E-state index contributed by atoms with van der Waals surface area (Å²) in [6, 6.07) is -1.11. The Morgan fingerprint density at radius 1 is 1.04 bits per heavy atom. The summed E-state index contributed by atoms with van der Waals surface area (Å²) in [6.07, 6.45) is 10.2. The number of nitrogens with one attached hydrogen (secondary N) is 1. The van der Waals surface area contributed by atoms with Crippen LogP contribution in [0.5, 0.6) is 0 Å². The van der Waals surface area contributed by atoms with Gasteiger partial charge in [0.15, 0.2) is 0 Å². The Balaban J connectivity index is 2.03. The van der Waals surface area contributed by atoms with Crippen LogP contribution in [0.15, 0.2) is 0 Å². The Labute approximate surface area is 149 Å². The van der Waals surface area contributed by atoms with Crippen LogP contribution in [0, 0.1) is 5.92 Å². The maximum atomic E-state index is 13.0. The third kappa shape index (κ3) is 5.99. The molecule has 1 aliphatic heterocycles. The highest BCUT2D eigenvalue weighted by molar-refractivity contribution is 5.89. The first kappa shape index (κ1) is 19.7. The van der Waals surface area contributed by atoms with E-state index in [-0.39, 0.29) is 12.5 Å². The quantitative estimate of drug-likeness (QED) is 0.638. The van der Waals surface area contributed by atoms with Crippen LogP contribution >= 0.6 is 0 Å². The third-order valence-corrected chi connectivity index (χ3v) is 5.46. The number of hydrogen-bond donors (Lipinski definition) is 3. The number of carboxylic acids is 1. The minimum absolute atomic E-state index is 0.176. The van der Waals surface area contributed by atoms with Crippen LogP contribution in [0.4, 0.5) is 0 Å². The fourth-order valence-electron chi connectivity index (χ4n) is 4.12. The molecule has 0 bridgehead atoms. The molecule has 0 radical (unpaired) electrons. The zero-order valence-corrected chi connectivity index (χ0v) is 14.9. The lowest BCUT2D eigenvalue weighted by Gasteiger charge is -2.30. The average Bonchev–Trinajstić information content (AvgIpc) is 3.02. The standard InChI is InChI=1S/C18H31N3O4/c19-17(24)15-9-6-10-21(15)18(25)14(20-12-16(22)23)11-13-7-4-2-1-3-5-8-13/h13-15,20H,1-12H2,(H2,19,24)(H,22,23)/t14?,15-/m0/s1. The molecule has 1 saturated heterocycles. The van der Waals surface area contributed by atoms with Gasteiger partial charge in [0.25, 0.3) is 0 Å². The fraction of sp³-hybridized carbons (Fsp3) is 0.833. The van der Waals surface area contributed by atoms with Crippen molar-refractivity contribution in [2.75, 3.05) is 13.1 Å². The second-order valence-electron chi connectivity index (χ2n) is 7.37. The molecule has 7 heteroatoms. The number of hydrogen-bond acceptors (Lipinski definition) is 4. The predicted octanol–water partition coefficient (Wildman–Crippen LogP) is 1.26. The largest absolute Gasteiger partial charge is 0.480 e. The molecule has 142 valence electrons. The number of carbonyl (C=O) groups is 3. The molecule has 0 aromatic heterocycles. The molecule has 1 aliphatic carbocycles. The van der Waals surface area contributed by atoms with Crippen LogP contribution < -0.4 is 11.1 Å². The average molecular weight is 353 g/mol. The van der Waals surface area contributed by atoms with E-state index in [1.54, 1.807) is 4.90 Å². The van der Waals surface area contributed by atoms with E-state index < -0.39 is 24.0 Å². The van der Waals surface area contributed by atoms with Crippen molar-refractivity contribution in [1.29, 1.82) is 0 Å². The van der Waals surface area contributed by atoms with Gasteiger partial charge in [-0.3, -0.25) is 19.7 Å². The number of rotatable bonds is 7. The van der Waals surface area contributed by atoms with Gasteiger partial charge in [0.05, 0.1) is 12.6 Å². The molecule has 0 aromatic rings. The fourth-order valence-corrected chi connectivity index (χ4v) is 4.12. The second kappa shape index (κ2) is 9.75. The van der Waals surface area contributed by atoms with Gasteiger partial charge in [-0.25, -0.2) is 0 Å². The van der Waals surface area contributed by atoms with Crippen LogP contribution in [0.1, 0.15) is 64.2 Å². The molecule has 1 heterocycles. The summed E-state index contributed by atoms with van der Waals surface area (Å²) in [5.41, 5.74) is 5.42. The zero-order chi connectivity index (χ0) is 18.2. The van der Waals surface area contributed by atoms with E-state index in [1.165, 1.54) is 19.3 Å². The maximum absolute atomic E-state index is 13.0. The number of likely N-dealkylation sites (tertiary alicyclic amines) is 1. The van der Waals surface area contributed by atoms with Gasteiger partial charge in [0.1, 0.15) is 6.04 Å². The molecule has 2 amide bonds. The summed E-state index contributed by atoms with van der Waals surface area (Å²) < 4.78 is 0. The number of carboxylic acid groups (broad SMARTS) is 1. The topological polar surface area (TPSA) is 113 Å². The van der Waals surface area contributed by atoms with Crippen LogP contribution in [0.3, 0.4) is 0 Å². The first-order valence-corrected chi connectivity index (χ1v) is 9.54. The van der Waals surface area contributed by atoms with Crippen LogP contribution in [-0.4, -0.2) is 53.0 Å². The summed E-state index contributed by atoms with van der Waals surface area (Å²) in [5, 5.41) is 11.9. The van der Waals surface area contributed by atoms with E-state index in [0.29, 0.717) is 25.3 Å². The number of aliphatic carboxylic acids is 1. The van der Waals surface area contributed by atoms with Gasteiger partial charge >= 0.3 is 5.97 Å². The number of nitrogens with zero attached hydrogens (tertiary/aromatic N) is 1. The van der Waals surface area contributed by atoms with E-state index in [4.69, 9.17) is 10.8 Å². The molecule has 0 aromatic carbocycles. The first-order chi connectivity index (χ1) is 12.0. The summed E-state index contributed by atoms with van der Waals surface area (Å²) in [7, 11) is 0. The monoisotopic (exact) mass is 353 g/mol. The van der Waals surface area contributed by atoms with Gasteiger partial charge in [0.2, 0.25) is 11.8 Å². The Kier molecular flexibility index (Phi) is 7.68. The van der Waals surface area contributed by atoms with E-state index in [0.717, 1.165) is 32.1 Å². The lowest BCUT2D eigenvalue weighted by molar-refractivity contribution is -0.140. The van der Waals surface area contributed by atoms with Gasteiger partial charge < -0.3 is 15.7 Å². The molecule has 1 unspecified atom stereocenters. The molecule has 2 fully saturated rings. The third-order valence-electron chi connectivity index (χ3n) is 5.46. The van der Waals surface area contributed by atoms with E-state index in [1.807, 2.05) is 0 Å². The van der Waals surface area contributed by atoms with Crippen LogP contribution in [0.2, 0.25) is 0 Å². The molecule has 4 N–H and O–H groups in total. The van der Waals surface area contributed by atoms with Gasteiger partial charge in [-0.1, -0.05) is 44.9 Å². The molecule has 7 nitrogen and oxygen atoms in total. The Morgan fingerprint density at radius 2 is 1.68 bits per heavy atom. The van der Waals surface area contributed by atoms with Crippen molar-refractivity contribution in [2.24, 2.45) is 11.7 Å². The molecular formula is C18H31N3O4. The molecule has 1 saturated carbocycles. The van der Waals surface area contributed by atoms with E-state index in [2.05, 4.69) is 5.32 Å². The SMILES string of the molecule is NC(=O)[C@@H]1CCCN1C(=O)C(CC1CCCCCCC1)NCC(=O)O. The van der Waals surface area contributed by atoms with E-state index in [9.17, 15) is 14.4 Å². The first-order valence-electron chi connectivity index (χ1n) is 9.54. The smallest absolute Gasteiger partial charge is 0.317 e. The van der Waals surface area contributed by atoms with Crippen molar-refractivity contribution >= 4 is 17.8 Å². The molecular weight excluding hydrogens is 322 g/mol. The lowest BCUT2D eigenvalue weighted by Crippen LogP contribution is -2.52. The number of amides is 2. The van der Waals surface area contributed by atoms with Gasteiger partial charge in [-0.05, 0) is 25.2 Å². The molecule has 0 spiro atoms. The number of primary amides is 1. The summed E-state index contributed by atoms with van der Waals surface area (Å²) >= 11 is 0. The lowest BCUT2D eigenvalue weighted by atomic mass is 9.86. The maximum Gasteiger partial charge on any atom is 0.317 e. The van der Waals surface area contributed by atoms with Crippen molar-refractivity contribution < 1.29 is 19.5 Å². The van der Waals surface area contributed by atoms with Crippen molar-refractivity contribution in [1.82, 2.24) is 10.2 Å². The molecule has 2 rings (SSSR count). The van der Waals surface area contributed by atoms with Crippen molar-refractivity contribution in [3.8, 4) is 0 Å². The molecule has 2 aliphatic rings. The summed E-state index contributed by atoms with van der Waals surface area (Å²) in [4.78, 5) is 37.1. The van der Waals surface area contributed by atoms with Crippen LogP contribution in [0.25, 0.3) is 0 Å². The van der Waals surface area contributed by atoms with Crippen molar-refractivity contribution in [3.63, 3.8) is 0 Å². The summed E-state index contributed by atoms with van der Waals surface area (Å²) in [5.74, 6) is -1.22. The van der Waals surface area contributed by atoms with Gasteiger partial charge in [-0.15, -0.1) is 0 Å². The van der Waals surface area contributed by atoms with E-state index >= 15 is 0 Å².